The molecule has 1 aromatic carbocycles. The van der Waals surface area contributed by atoms with E-state index in [4.69, 9.17) is 15.2 Å². The van der Waals surface area contributed by atoms with Crippen LogP contribution in [0.4, 0.5) is 18.4 Å². The van der Waals surface area contributed by atoms with Gasteiger partial charge in [-0.2, -0.15) is 4.90 Å². The van der Waals surface area contributed by atoms with Crippen molar-refractivity contribution < 1.29 is 42.9 Å². The third-order valence-electron chi connectivity index (χ3n) is 4.64. The van der Waals surface area contributed by atoms with Crippen molar-refractivity contribution >= 4 is 18.2 Å². The standard InChI is InChI=1S/C23H34F2N2O7/c1-22(2,3)33-20(31)27(21(32)34-23(4,5)6)17(19(29)30)11-10-13(16(26)12-28)14-8-7-9-15(24)18(14)25/h7-9,13,16-17,28H,10-12,26H2,1-6H3,(H,29,30)/t13?,16?,17-/m1/s1. The number of aliphatic hydroxyl groups is 1. The van der Waals surface area contributed by atoms with Crippen LogP contribution < -0.4 is 5.73 Å². The first-order chi connectivity index (χ1) is 15.5. The minimum absolute atomic E-state index is 0.160. The van der Waals surface area contributed by atoms with E-state index < -0.39 is 72.0 Å². The van der Waals surface area contributed by atoms with Gasteiger partial charge in [0.2, 0.25) is 0 Å². The van der Waals surface area contributed by atoms with Crippen LogP contribution in [0.2, 0.25) is 0 Å². The molecule has 0 aromatic heterocycles. The van der Waals surface area contributed by atoms with E-state index >= 15 is 0 Å². The Kier molecular flexibility index (Phi) is 9.95. The van der Waals surface area contributed by atoms with Crippen LogP contribution in [0.3, 0.4) is 0 Å². The molecule has 0 saturated heterocycles. The van der Waals surface area contributed by atoms with Gasteiger partial charge in [0, 0.05) is 12.0 Å². The Labute approximate surface area is 197 Å². The summed E-state index contributed by atoms with van der Waals surface area (Å²) in [6.07, 6.45) is -3.09. The number of rotatable bonds is 8. The predicted molar refractivity (Wildman–Crippen MR) is 119 cm³/mol. The number of nitrogens with zero attached hydrogens (tertiary/aromatic N) is 1. The van der Waals surface area contributed by atoms with Gasteiger partial charge in [0.25, 0.3) is 0 Å². The van der Waals surface area contributed by atoms with Crippen LogP contribution >= 0.6 is 0 Å². The van der Waals surface area contributed by atoms with Crippen LogP contribution in [0.25, 0.3) is 0 Å². The maximum atomic E-state index is 14.4. The number of carbonyl (C=O) groups is 3. The van der Waals surface area contributed by atoms with E-state index in [0.717, 1.165) is 6.07 Å². The second-order valence-corrected chi connectivity index (χ2v) is 9.86. The summed E-state index contributed by atoms with van der Waals surface area (Å²) in [5.41, 5.74) is 3.65. The number of ether oxygens (including phenoxy) is 2. The van der Waals surface area contributed by atoms with E-state index in [9.17, 15) is 33.4 Å². The lowest BCUT2D eigenvalue weighted by molar-refractivity contribution is -0.143. The third-order valence-corrected chi connectivity index (χ3v) is 4.64. The van der Waals surface area contributed by atoms with E-state index in [1.54, 1.807) is 0 Å². The Bertz CT molecular complexity index is 853. The fraction of sp³-hybridized carbons (Fsp3) is 0.609. The molecule has 3 atom stereocenters. The van der Waals surface area contributed by atoms with Crippen molar-refractivity contribution in [3.63, 3.8) is 0 Å². The molecule has 1 aromatic rings. The molecule has 1 rings (SSSR count). The fourth-order valence-corrected chi connectivity index (χ4v) is 3.19. The SMILES string of the molecule is CC(C)(C)OC(=O)N(C(=O)OC(C)(C)C)[C@H](CCC(c1cccc(F)c1F)C(N)CO)C(=O)O. The Balaban J connectivity index is 3.36. The Morgan fingerprint density at radius 1 is 1.00 bits per heavy atom. The highest BCUT2D eigenvalue weighted by atomic mass is 19.2. The van der Waals surface area contributed by atoms with E-state index in [1.807, 2.05) is 0 Å². The molecule has 11 heteroatoms. The molecule has 0 spiro atoms. The van der Waals surface area contributed by atoms with Gasteiger partial charge in [-0.1, -0.05) is 12.1 Å². The van der Waals surface area contributed by atoms with Crippen molar-refractivity contribution in [2.75, 3.05) is 6.61 Å². The Morgan fingerprint density at radius 3 is 1.91 bits per heavy atom. The number of amides is 2. The van der Waals surface area contributed by atoms with Crippen LogP contribution in [0.1, 0.15) is 65.9 Å². The molecular formula is C23H34F2N2O7. The van der Waals surface area contributed by atoms with Gasteiger partial charge in [0.1, 0.15) is 17.2 Å². The summed E-state index contributed by atoms with van der Waals surface area (Å²) in [6.45, 7) is 8.63. The average molecular weight is 489 g/mol. The van der Waals surface area contributed by atoms with Crippen LogP contribution in [-0.4, -0.2) is 63.2 Å². The topological polar surface area (TPSA) is 139 Å². The van der Waals surface area contributed by atoms with Crippen molar-refractivity contribution in [3.05, 3.63) is 35.4 Å². The monoisotopic (exact) mass is 488 g/mol. The molecule has 0 heterocycles. The van der Waals surface area contributed by atoms with Crippen molar-refractivity contribution in [2.45, 2.75) is 83.6 Å². The molecule has 0 aliphatic rings. The quantitative estimate of drug-likeness (QED) is 0.502. The molecule has 0 aliphatic heterocycles. The zero-order valence-corrected chi connectivity index (χ0v) is 20.3. The number of benzene rings is 1. The summed E-state index contributed by atoms with van der Waals surface area (Å²) in [5, 5.41) is 19.4. The molecule has 192 valence electrons. The van der Waals surface area contributed by atoms with Crippen molar-refractivity contribution in [3.8, 4) is 0 Å². The van der Waals surface area contributed by atoms with Crippen molar-refractivity contribution in [1.82, 2.24) is 4.90 Å². The molecule has 9 nitrogen and oxygen atoms in total. The van der Waals surface area contributed by atoms with Gasteiger partial charge in [-0.05, 0) is 66.0 Å². The number of carboxylic acids is 1. The van der Waals surface area contributed by atoms with E-state index in [2.05, 4.69) is 0 Å². The van der Waals surface area contributed by atoms with Crippen LogP contribution in [0.15, 0.2) is 18.2 Å². The summed E-state index contributed by atoms with van der Waals surface area (Å²) >= 11 is 0. The summed E-state index contributed by atoms with van der Waals surface area (Å²) < 4.78 is 38.6. The summed E-state index contributed by atoms with van der Waals surface area (Å²) in [5.74, 6) is -4.87. The van der Waals surface area contributed by atoms with Gasteiger partial charge in [-0.15, -0.1) is 0 Å². The minimum Gasteiger partial charge on any atom is -0.480 e. The van der Waals surface area contributed by atoms with Crippen molar-refractivity contribution in [2.24, 2.45) is 5.73 Å². The Hall–Kier alpha value is -2.79. The van der Waals surface area contributed by atoms with E-state index in [-0.39, 0.29) is 12.0 Å². The number of hydrogen-bond acceptors (Lipinski definition) is 7. The van der Waals surface area contributed by atoms with Crippen LogP contribution in [0.5, 0.6) is 0 Å². The van der Waals surface area contributed by atoms with Gasteiger partial charge >= 0.3 is 18.2 Å². The first-order valence-electron chi connectivity index (χ1n) is 10.8. The highest BCUT2D eigenvalue weighted by molar-refractivity contribution is 5.93. The van der Waals surface area contributed by atoms with Crippen LogP contribution in [-0.2, 0) is 14.3 Å². The van der Waals surface area contributed by atoms with E-state index in [1.165, 1.54) is 53.7 Å². The number of nitrogens with two attached hydrogens (primary N) is 1. The molecule has 0 aliphatic carbocycles. The maximum absolute atomic E-state index is 14.4. The molecule has 0 fully saturated rings. The highest BCUT2D eigenvalue weighted by Crippen LogP contribution is 2.30. The average Bonchev–Trinajstić information content (AvgIpc) is 2.66. The number of carboxylic acid groups (broad SMARTS) is 1. The predicted octanol–water partition coefficient (Wildman–Crippen LogP) is 3.77. The first-order valence-corrected chi connectivity index (χ1v) is 10.8. The van der Waals surface area contributed by atoms with Crippen molar-refractivity contribution in [1.29, 1.82) is 0 Å². The zero-order valence-electron chi connectivity index (χ0n) is 20.3. The number of halogens is 2. The second-order valence-electron chi connectivity index (χ2n) is 9.86. The first kappa shape index (κ1) is 29.2. The smallest absolute Gasteiger partial charge is 0.420 e. The summed E-state index contributed by atoms with van der Waals surface area (Å²) in [7, 11) is 0. The normalized spacial score (nSPS) is 14.6. The maximum Gasteiger partial charge on any atom is 0.420 e. The lowest BCUT2D eigenvalue weighted by Crippen LogP contribution is -2.52. The molecule has 4 N–H and O–H groups in total. The number of hydrogen-bond donors (Lipinski definition) is 3. The van der Waals surface area contributed by atoms with Gasteiger partial charge in [-0.3, -0.25) is 0 Å². The molecule has 2 amide bonds. The Morgan fingerprint density at radius 2 is 1.50 bits per heavy atom. The highest BCUT2D eigenvalue weighted by Gasteiger charge is 2.41. The summed E-state index contributed by atoms with van der Waals surface area (Å²) in [6, 6.07) is 0.603. The molecule has 0 bridgehead atoms. The fourth-order valence-electron chi connectivity index (χ4n) is 3.19. The summed E-state index contributed by atoms with van der Waals surface area (Å²) in [4.78, 5) is 38.1. The molecule has 2 unspecified atom stereocenters. The van der Waals surface area contributed by atoms with Gasteiger partial charge in [0.15, 0.2) is 11.6 Å². The minimum atomic E-state index is -1.77. The van der Waals surface area contributed by atoms with Gasteiger partial charge < -0.3 is 25.4 Å². The largest absolute Gasteiger partial charge is 0.480 e. The lowest BCUT2D eigenvalue weighted by Gasteiger charge is -2.32. The number of carbonyl (C=O) groups excluding carboxylic acids is 2. The van der Waals surface area contributed by atoms with Gasteiger partial charge in [0.05, 0.1) is 6.61 Å². The second kappa shape index (κ2) is 11.6. The number of aliphatic hydroxyl groups excluding tert-OH is 1. The van der Waals surface area contributed by atoms with E-state index in [0.29, 0.717) is 4.90 Å². The molecule has 34 heavy (non-hydrogen) atoms. The zero-order chi connectivity index (χ0) is 26.4. The number of imide groups is 1. The molecule has 0 radical (unpaired) electrons. The third kappa shape index (κ3) is 8.53. The lowest BCUT2D eigenvalue weighted by atomic mass is 9.86. The molecule has 0 saturated carbocycles. The number of aliphatic carboxylic acids is 1. The van der Waals surface area contributed by atoms with Gasteiger partial charge in [-0.25, -0.2) is 23.2 Å². The van der Waals surface area contributed by atoms with Crippen LogP contribution in [0, 0.1) is 11.6 Å². The molecular weight excluding hydrogens is 454 g/mol.